The van der Waals surface area contributed by atoms with Crippen LogP contribution in [0.5, 0.6) is 11.5 Å². The van der Waals surface area contributed by atoms with Crippen molar-refractivity contribution >= 4 is 11.8 Å². The maximum atomic E-state index is 12.9. The molecule has 0 N–H and O–H groups in total. The van der Waals surface area contributed by atoms with Gasteiger partial charge in [-0.1, -0.05) is 76.9 Å². The van der Waals surface area contributed by atoms with Crippen molar-refractivity contribution in [3.8, 4) is 11.5 Å². The van der Waals surface area contributed by atoms with E-state index in [1.165, 1.54) is 11.8 Å². The minimum atomic E-state index is -0.220. The second-order valence-corrected chi connectivity index (χ2v) is 9.97. The molecule has 0 amide bonds. The van der Waals surface area contributed by atoms with E-state index < -0.39 is 0 Å². The first kappa shape index (κ1) is 26.6. The zero-order valence-corrected chi connectivity index (χ0v) is 19.4. The number of rotatable bonds is 2. The Kier molecular flexibility index (Phi) is 9.24. The third-order valence-electron chi connectivity index (χ3n) is 4.23. The Morgan fingerprint density at radius 1 is 0.630 bits per heavy atom. The van der Waals surface area contributed by atoms with Crippen LogP contribution in [0.2, 0.25) is 0 Å². The second kappa shape index (κ2) is 9.39. The standard InChI is InChI=1S/C22H30O2S.2Li/c1-13-9-15(21(3,4)5)19(23)17(11-13)25-18-12-14(2)10-16(20(18)24)22(6,7)8;;/h9-12,23-24H,1-8H3;;/q;2*+1/p-2. The summed E-state index contributed by atoms with van der Waals surface area (Å²) in [5.41, 5.74) is 3.24. The predicted molar refractivity (Wildman–Crippen MR) is 103 cm³/mol. The molecule has 0 aliphatic heterocycles. The molecule has 136 valence electrons. The van der Waals surface area contributed by atoms with Crippen molar-refractivity contribution in [2.45, 2.75) is 76.0 Å². The van der Waals surface area contributed by atoms with Crippen LogP contribution in [-0.2, 0) is 10.8 Å². The molecule has 0 unspecified atom stereocenters. The maximum Gasteiger partial charge on any atom is 1.00 e. The summed E-state index contributed by atoms with van der Waals surface area (Å²) in [6.45, 7) is 16.2. The van der Waals surface area contributed by atoms with Gasteiger partial charge in [-0.15, -0.1) is 0 Å². The molecular formula is C22H28Li2O2S. The van der Waals surface area contributed by atoms with Crippen LogP contribution >= 0.6 is 11.8 Å². The topological polar surface area (TPSA) is 46.1 Å². The molecule has 0 saturated carbocycles. The van der Waals surface area contributed by atoms with E-state index in [1.54, 1.807) is 0 Å². The van der Waals surface area contributed by atoms with Crippen LogP contribution in [0.15, 0.2) is 34.1 Å². The Hall–Kier alpha value is -0.415. The SMILES string of the molecule is Cc1cc(Sc2cc(C)cc(C(C)(C)C)c2[O-])c([O-])c(C(C)(C)C)c1.[Li+].[Li+]. The molecule has 27 heavy (non-hydrogen) atoms. The van der Waals surface area contributed by atoms with Gasteiger partial charge in [-0.3, -0.25) is 0 Å². The van der Waals surface area contributed by atoms with Gasteiger partial charge in [-0.2, -0.15) is 0 Å². The number of benzene rings is 2. The van der Waals surface area contributed by atoms with E-state index in [1.807, 2.05) is 79.7 Å². The van der Waals surface area contributed by atoms with Crippen molar-refractivity contribution in [3.63, 3.8) is 0 Å². The molecule has 2 aromatic carbocycles. The van der Waals surface area contributed by atoms with Gasteiger partial charge in [0.25, 0.3) is 0 Å². The van der Waals surface area contributed by atoms with Crippen LogP contribution in [-0.4, -0.2) is 0 Å². The van der Waals surface area contributed by atoms with Gasteiger partial charge in [0.2, 0.25) is 0 Å². The van der Waals surface area contributed by atoms with E-state index in [2.05, 4.69) is 0 Å². The Labute approximate surface area is 192 Å². The molecule has 0 aliphatic rings. The van der Waals surface area contributed by atoms with Gasteiger partial charge in [-0.05, 0) is 59.1 Å². The third-order valence-corrected chi connectivity index (χ3v) is 5.28. The van der Waals surface area contributed by atoms with Crippen LogP contribution in [0.25, 0.3) is 0 Å². The molecule has 2 aromatic rings. The van der Waals surface area contributed by atoms with Crippen LogP contribution < -0.4 is 47.9 Å². The molecule has 0 aliphatic carbocycles. The fraction of sp³-hybridized carbons (Fsp3) is 0.455. The fourth-order valence-corrected chi connectivity index (χ4v) is 4.00. The smallest absolute Gasteiger partial charge is 0.871 e. The van der Waals surface area contributed by atoms with Crippen molar-refractivity contribution in [2.24, 2.45) is 0 Å². The molecule has 0 spiro atoms. The van der Waals surface area contributed by atoms with Crippen molar-refractivity contribution in [1.29, 1.82) is 0 Å². The summed E-state index contributed by atoms with van der Waals surface area (Å²) >= 11 is 1.30. The van der Waals surface area contributed by atoms with Crippen molar-refractivity contribution in [3.05, 3.63) is 46.5 Å². The van der Waals surface area contributed by atoms with Crippen molar-refractivity contribution in [2.75, 3.05) is 0 Å². The van der Waals surface area contributed by atoms with Crippen LogP contribution in [0, 0.1) is 13.8 Å². The Morgan fingerprint density at radius 3 is 1.19 bits per heavy atom. The van der Waals surface area contributed by atoms with Crippen LogP contribution in [0.4, 0.5) is 0 Å². The first-order valence-corrected chi connectivity index (χ1v) is 9.44. The summed E-state index contributed by atoms with van der Waals surface area (Å²) in [5, 5.41) is 25.9. The first-order valence-electron chi connectivity index (χ1n) is 8.63. The number of hydrogen-bond acceptors (Lipinski definition) is 3. The minimum Gasteiger partial charge on any atom is -0.871 e. The molecule has 5 heteroatoms. The zero-order valence-electron chi connectivity index (χ0n) is 18.5. The molecule has 0 saturated heterocycles. The molecular weight excluding hydrogens is 342 g/mol. The molecule has 2 rings (SSSR count). The van der Waals surface area contributed by atoms with E-state index >= 15 is 0 Å². The molecule has 0 fully saturated rings. The fourth-order valence-electron chi connectivity index (χ4n) is 2.86. The summed E-state index contributed by atoms with van der Waals surface area (Å²) in [6.07, 6.45) is 0. The normalized spacial score (nSPS) is 11.6. The van der Waals surface area contributed by atoms with E-state index in [-0.39, 0.29) is 60.1 Å². The summed E-state index contributed by atoms with van der Waals surface area (Å²) in [6, 6.07) is 7.70. The van der Waals surface area contributed by atoms with Gasteiger partial charge >= 0.3 is 37.7 Å². The van der Waals surface area contributed by atoms with E-state index in [0.717, 1.165) is 22.3 Å². The quantitative estimate of drug-likeness (QED) is 0.651. The zero-order chi connectivity index (χ0) is 19.2. The van der Waals surface area contributed by atoms with Gasteiger partial charge in [0.1, 0.15) is 0 Å². The van der Waals surface area contributed by atoms with Crippen molar-refractivity contribution < 1.29 is 47.9 Å². The monoisotopic (exact) mass is 370 g/mol. The maximum absolute atomic E-state index is 12.9. The predicted octanol–water partition coefficient (Wildman–Crippen LogP) is -0.795. The van der Waals surface area contributed by atoms with Crippen molar-refractivity contribution in [1.82, 2.24) is 0 Å². The molecule has 0 aromatic heterocycles. The first-order chi connectivity index (χ1) is 11.3. The van der Waals surface area contributed by atoms with E-state index in [4.69, 9.17) is 0 Å². The molecule has 0 heterocycles. The largest absolute Gasteiger partial charge is 1.00 e. The van der Waals surface area contributed by atoms with Gasteiger partial charge in [0.15, 0.2) is 0 Å². The summed E-state index contributed by atoms with van der Waals surface area (Å²) in [5.74, 6) is 0.0580. The summed E-state index contributed by atoms with van der Waals surface area (Å²) in [7, 11) is 0. The van der Waals surface area contributed by atoms with Gasteiger partial charge < -0.3 is 10.2 Å². The number of aryl methyl sites for hydroxylation is 2. The second-order valence-electron chi connectivity index (χ2n) is 8.88. The van der Waals surface area contributed by atoms with Crippen LogP contribution in [0.3, 0.4) is 0 Å². The molecule has 2 nitrogen and oxygen atoms in total. The van der Waals surface area contributed by atoms with E-state index in [9.17, 15) is 10.2 Å². The molecule has 0 bridgehead atoms. The average Bonchev–Trinajstić information content (AvgIpc) is 2.43. The number of hydrogen-bond donors (Lipinski definition) is 0. The average molecular weight is 370 g/mol. The summed E-state index contributed by atoms with van der Waals surface area (Å²) < 4.78 is 0. The van der Waals surface area contributed by atoms with Gasteiger partial charge in [0.05, 0.1) is 0 Å². The Balaban J connectivity index is 0.00000338. The Morgan fingerprint density at radius 2 is 0.926 bits per heavy atom. The van der Waals surface area contributed by atoms with Gasteiger partial charge in [-0.25, -0.2) is 0 Å². The van der Waals surface area contributed by atoms with E-state index in [0.29, 0.717) is 9.79 Å². The molecule has 0 atom stereocenters. The molecule has 0 radical (unpaired) electrons. The summed E-state index contributed by atoms with van der Waals surface area (Å²) in [4.78, 5) is 1.26. The Bertz CT molecular complexity index is 736. The van der Waals surface area contributed by atoms with Crippen LogP contribution in [0.1, 0.15) is 63.8 Å². The third kappa shape index (κ3) is 6.29. The van der Waals surface area contributed by atoms with Gasteiger partial charge in [0, 0.05) is 9.79 Å². The minimum absolute atomic E-state index is 0.